The van der Waals surface area contributed by atoms with Gasteiger partial charge in [-0.05, 0) is 71.5 Å². The summed E-state index contributed by atoms with van der Waals surface area (Å²) in [4.78, 5) is 0. The molecule has 0 aromatic heterocycles. The van der Waals surface area contributed by atoms with Gasteiger partial charge in [-0.25, -0.2) is 4.39 Å². The van der Waals surface area contributed by atoms with E-state index < -0.39 is 42.7 Å². The minimum atomic E-state index is -1.46. The van der Waals surface area contributed by atoms with Gasteiger partial charge in [0.25, 0.3) is 0 Å². The minimum absolute atomic E-state index is 0.232. The molecule has 7 nitrogen and oxygen atoms in total. The maximum Gasteiger partial charge on any atom is 0.125 e. The van der Waals surface area contributed by atoms with Crippen molar-refractivity contribution in [3.05, 3.63) is 99.3 Å². The number of hydrogen-bond acceptors (Lipinski definition) is 7. The summed E-state index contributed by atoms with van der Waals surface area (Å²) in [6.07, 6.45) is -5.69. The Morgan fingerprint density at radius 2 is 1.76 bits per heavy atom. The summed E-state index contributed by atoms with van der Waals surface area (Å²) < 4.78 is 31.4. The lowest BCUT2D eigenvalue weighted by Gasteiger charge is -2.40. The summed E-state index contributed by atoms with van der Waals surface area (Å²) in [7, 11) is 0. The van der Waals surface area contributed by atoms with Gasteiger partial charge in [0, 0.05) is 5.02 Å². The second-order valence-electron chi connectivity index (χ2n) is 10.0. The lowest BCUT2D eigenvalue weighted by Crippen LogP contribution is -2.55. The Kier molecular flexibility index (Phi) is 7.75. The molecule has 6 atom stereocenters. The van der Waals surface area contributed by atoms with Crippen molar-refractivity contribution in [3.63, 3.8) is 0 Å². The molecule has 0 aliphatic carbocycles. The Bertz CT molecular complexity index is 1280. The lowest BCUT2D eigenvalue weighted by molar-refractivity contribution is -0.231. The van der Waals surface area contributed by atoms with Gasteiger partial charge in [-0.3, -0.25) is 0 Å². The lowest BCUT2D eigenvalue weighted by atomic mass is 9.90. The van der Waals surface area contributed by atoms with Crippen molar-refractivity contribution >= 4 is 11.6 Å². The summed E-state index contributed by atoms with van der Waals surface area (Å²) in [6.45, 7) is 2.04. The van der Waals surface area contributed by atoms with Crippen LogP contribution in [-0.4, -0.2) is 58.1 Å². The molecule has 0 bridgehead atoms. The van der Waals surface area contributed by atoms with Crippen molar-refractivity contribution in [2.24, 2.45) is 0 Å². The first-order valence-electron chi connectivity index (χ1n) is 12.4. The summed E-state index contributed by atoms with van der Waals surface area (Å²) in [5, 5.41) is 40.7. The second kappa shape index (κ2) is 10.9. The Morgan fingerprint density at radius 3 is 2.50 bits per heavy atom. The van der Waals surface area contributed by atoms with Crippen LogP contribution in [0.3, 0.4) is 0 Å². The maximum absolute atomic E-state index is 13.8. The predicted molar refractivity (Wildman–Crippen MR) is 137 cm³/mol. The highest BCUT2D eigenvalue weighted by Gasteiger charge is 2.44. The van der Waals surface area contributed by atoms with Crippen LogP contribution in [0.4, 0.5) is 4.39 Å². The zero-order valence-corrected chi connectivity index (χ0v) is 21.5. The molecule has 3 aromatic rings. The smallest absolute Gasteiger partial charge is 0.125 e. The van der Waals surface area contributed by atoms with Crippen molar-refractivity contribution in [2.45, 2.75) is 56.1 Å². The van der Waals surface area contributed by atoms with E-state index in [4.69, 9.17) is 25.8 Å². The molecule has 1 fully saturated rings. The topological polar surface area (TPSA) is 109 Å². The van der Waals surface area contributed by atoms with E-state index in [1.807, 2.05) is 31.2 Å². The standard InChI is InChI=1S/C29H30ClFO7/c1-29(22-12-20(31)6-4-18(22)14-37-29)15-36-21-7-2-16(3-8-21)10-19-11-17(5-9-23(19)30)28-27(35)26(34)25(33)24(13-32)38-28/h2-9,11-12,24-28,32-35H,10,13-15H2,1H3/t24-,25-,26+,27-,28+,29?/m1/s1. The normalized spacial score (nSPS) is 28.8. The fourth-order valence-electron chi connectivity index (χ4n) is 5.03. The highest BCUT2D eigenvalue weighted by molar-refractivity contribution is 6.31. The number of rotatable bonds is 7. The van der Waals surface area contributed by atoms with Crippen molar-refractivity contribution < 1.29 is 39.0 Å². The summed E-state index contributed by atoms with van der Waals surface area (Å²) in [5.74, 6) is 0.337. The number of hydrogen-bond donors (Lipinski definition) is 4. The monoisotopic (exact) mass is 544 g/mol. The third-order valence-electron chi connectivity index (χ3n) is 7.31. The molecule has 3 aromatic carbocycles. The second-order valence-corrected chi connectivity index (χ2v) is 10.4. The Morgan fingerprint density at radius 1 is 1.00 bits per heavy atom. The highest BCUT2D eigenvalue weighted by atomic mass is 35.5. The first kappa shape index (κ1) is 27.0. The van der Waals surface area contributed by atoms with Crippen LogP contribution < -0.4 is 4.74 Å². The van der Waals surface area contributed by atoms with Crippen molar-refractivity contribution in [3.8, 4) is 5.75 Å². The molecule has 0 radical (unpaired) electrons. The zero-order chi connectivity index (χ0) is 27.0. The van der Waals surface area contributed by atoms with E-state index in [-0.39, 0.29) is 12.4 Å². The maximum atomic E-state index is 13.8. The van der Waals surface area contributed by atoms with E-state index in [1.165, 1.54) is 12.1 Å². The van der Waals surface area contributed by atoms with Crippen molar-refractivity contribution in [1.29, 1.82) is 0 Å². The molecule has 38 heavy (non-hydrogen) atoms. The summed E-state index contributed by atoms with van der Waals surface area (Å²) >= 11 is 6.45. The van der Waals surface area contributed by atoms with E-state index in [0.29, 0.717) is 29.4 Å². The van der Waals surface area contributed by atoms with Gasteiger partial charge in [-0.2, -0.15) is 0 Å². The third-order valence-corrected chi connectivity index (χ3v) is 7.68. The number of aliphatic hydroxyl groups is 4. The molecule has 202 valence electrons. The van der Waals surface area contributed by atoms with Gasteiger partial charge in [0.05, 0.1) is 13.2 Å². The van der Waals surface area contributed by atoms with Crippen LogP contribution in [0.25, 0.3) is 0 Å². The van der Waals surface area contributed by atoms with Crippen LogP contribution in [0, 0.1) is 5.82 Å². The van der Waals surface area contributed by atoms with Crippen molar-refractivity contribution in [2.75, 3.05) is 13.2 Å². The van der Waals surface area contributed by atoms with Crippen molar-refractivity contribution in [1.82, 2.24) is 0 Å². The summed E-state index contributed by atoms with van der Waals surface area (Å²) in [5.41, 5.74) is 3.32. The Labute approximate surface area is 225 Å². The highest BCUT2D eigenvalue weighted by Crippen LogP contribution is 2.38. The number of aliphatic hydroxyl groups excluding tert-OH is 4. The van der Waals surface area contributed by atoms with Crippen LogP contribution in [-0.2, 0) is 28.1 Å². The molecule has 9 heteroatoms. The quantitative estimate of drug-likeness (QED) is 0.361. The first-order chi connectivity index (χ1) is 18.2. The number of fused-ring (bicyclic) bond motifs is 1. The molecule has 2 aliphatic heterocycles. The number of halogens is 2. The van der Waals surface area contributed by atoms with Gasteiger partial charge in [0.2, 0.25) is 0 Å². The van der Waals surface area contributed by atoms with Crippen LogP contribution >= 0.6 is 11.6 Å². The minimum Gasteiger partial charge on any atom is -0.490 e. The van der Waals surface area contributed by atoms with E-state index in [2.05, 4.69) is 0 Å². The van der Waals surface area contributed by atoms with Gasteiger partial charge >= 0.3 is 0 Å². The van der Waals surface area contributed by atoms with Crippen LogP contribution in [0.1, 0.15) is 40.8 Å². The SMILES string of the molecule is CC1(COc2ccc(Cc3cc([C@@H]4O[C@H](CO)[C@@H](O)[C@H](O)[C@H]4O)ccc3Cl)cc2)OCc2ccc(F)cc21. The average Bonchev–Trinajstić information content (AvgIpc) is 3.24. The van der Waals surface area contributed by atoms with Gasteiger partial charge in [0.1, 0.15) is 54.3 Å². The first-order valence-corrected chi connectivity index (χ1v) is 12.8. The van der Waals surface area contributed by atoms with E-state index in [9.17, 15) is 24.8 Å². The van der Waals surface area contributed by atoms with Crippen LogP contribution in [0.5, 0.6) is 5.75 Å². The molecule has 5 rings (SSSR count). The van der Waals surface area contributed by atoms with Gasteiger partial charge in [-0.15, -0.1) is 0 Å². The molecule has 0 spiro atoms. The molecule has 4 N–H and O–H groups in total. The van der Waals surface area contributed by atoms with E-state index in [0.717, 1.165) is 22.3 Å². The van der Waals surface area contributed by atoms with Gasteiger partial charge in [0.15, 0.2) is 0 Å². The van der Waals surface area contributed by atoms with Gasteiger partial charge < -0.3 is 34.6 Å². The number of benzene rings is 3. The largest absolute Gasteiger partial charge is 0.490 e. The molecular weight excluding hydrogens is 515 g/mol. The Hall–Kier alpha value is -2.56. The predicted octanol–water partition coefficient (Wildman–Crippen LogP) is 3.41. The van der Waals surface area contributed by atoms with Gasteiger partial charge in [-0.1, -0.05) is 41.9 Å². The molecule has 0 saturated carbocycles. The molecule has 1 unspecified atom stereocenters. The van der Waals surface area contributed by atoms with E-state index >= 15 is 0 Å². The van der Waals surface area contributed by atoms with Crippen LogP contribution in [0.2, 0.25) is 5.02 Å². The molecule has 0 amide bonds. The Balaban J connectivity index is 1.26. The van der Waals surface area contributed by atoms with Crippen LogP contribution in [0.15, 0.2) is 60.7 Å². The molecule has 1 saturated heterocycles. The molecule has 2 heterocycles. The molecule has 2 aliphatic rings. The third kappa shape index (κ3) is 5.31. The van der Waals surface area contributed by atoms with E-state index in [1.54, 1.807) is 24.3 Å². The average molecular weight is 545 g/mol. The fraction of sp³-hybridized carbons (Fsp3) is 0.379. The fourth-order valence-corrected chi connectivity index (χ4v) is 5.21. The zero-order valence-electron chi connectivity index (χ0n) is 20.8. The number of ether oxygens (including phenoxy) is 3. The summed E-state index contributed by atoms with van der Waals surface area (Å²) in [6, 6.07) is 17.3. The molecular formula is C29H30ClFO7.